The van der Waals surface area contributed by atoms with E-state index in [4.69, 9.17) is 5.73 Å². The van der Waals surface area contributed by atoms with Gasteiger partial charge in [0.15, 0.2) is 0 Å². The Balaban J connectivity index is 2.02. The second kappa shape index (κ2) is 3.79. The molecule has 2 aliphatic rings. The summed E-state index contributed by atoms with van der Waals surface area (Å²) in [5.41, 5.74) is 5.94. The van der Waals surface area contributed by atoms with Crippen molar-refractivity contribution in [1.82, 2.24) is 5.01 Å². The molecule has 2 atom stereocenters. The minimum atomic E-state index is 0.566. The maximum absolute atomic E-state index is 5.94. The molecule has 1 saturated carbocycles. The fourth-order valence-electron chi connectivity index (χ4n) is 2.20. The Labute approximate surface area is 86.3 Å². The van der Waals surface area contributed by atoms with E-state index >= 15 is 0 Å². The monoisotopic (exact) mass is 195 g/mol. The highest BCUT2D eigenvalue weighted by atomic mass is 15.5. The molecule has 1 aliphatic heterocycles. The average molecular weight is 195 g/mol. The van der Waals surface area contributed by atoms with Crippen molar-refractivity contribution in [2.45, 2.75) is 58.0 Å². The van der Waals surface area contributed by atoms with Crippen LogP contribution in [0.5, 0.6) is 0 Å². The number of piperidine rings is 1. The van der Waals surface area contributed by atoms with E-state index in [1.165, 1.54) is 32.1 Å². The third-order valence-corrected chi connectivity index (χ3v) is 3.37. The molecule has 0 amide bonds. The van der Waals surface area contributed by atoms with Crippen LogP contribution in [0.4, 0.5) is 0 Å². The minimum Gasteiger partial charge on any atom is -0.385 e. The number of hydrogen-bond acceptors (Lipinski definition) is 2. The molecule has 1 saturated heterocycles. The molecule has 0 radical (unpaired) electrons. The van der Waals surface area contributed by atoms with Crippen molar-refractivity contribution >= 4 is 5.84 Å². The van der Waals surface area contributed by atoms with Crippen molar-refractivity contribution in [3.05, 3.63) is 0 Å². The summed E-state index contributed by atoms with van der Waals surface area (Å²) in [6.07, 6.45) is 6.33. The lowest BCUT2D eigenvalue weighted by molar-refractivity contribution is 0.108. The summed E-state index contributed by atoms with van der Waals surface area (Å²) in [6, 6.07) is 1.13. The fraction of sp³-hybridized carbons (Fsp3) is 0.909. The van der Waals surface area contributed by atoms with E-state index in [1.807, 2.05) is 0 Å². The predicted molar refractivity (Wildman–Crippen MR) is 59.0 cm³/mol. The molecule has 1 aliphatic carbocycles. The number of nitrogens with two attached hydrogens (primary N) is 1. The van der Waals surface area contributed by atoms with E-state index in [2.05, 4.69) is 24.0 Å². The summed E-state index contributed by atoms with van der Waals surface area (Å²) in [6.45, 7) is 4.50. The van der Waals surface area contributed by atoms with Crippen LogP contribution in [0, 0.1) is 5.92 Å². The van der Waals surface area contributed by atoms with Crippen LogP contribution in [0.3, 0.4) is 0 Å². The molecule has 0 aromatic heterocycles. The number of nitrogens with zero attached hydrogens (tertiary/aromatic N) is 2. The molecule has 2 rings (SSSR count). The average Bonchev–Trinajstić information content (AvgIpc) is 2.94. The third-order valence-electron chi connectivity index (χ3n) is 3.37. The lowest BCUT2D eigenvalue weighted by Crippen LogP contribution is -2.41. The molecule has 2 unspecified atom stereocenters. The topological polar surface area (TPSA) is 41.6 Å². The van der Waals surface area contributed by atoms with Crippen molar-refractivity contribution in [3.63, 3.8) is 0 Å². The first-order chi connectivity index (χ1) is 6.68. The van der Waals surface area contributed by atoms with Crippen LogP contribution < -0.4 is 5.73 Å². The minimum absolute atomic E-state index is 0.566. The third kappa shape index (κ3) is 2.02. The summed E-state index contributed by atoms with van der Waals surface area (Å²) < 4.78 is 0. The van der Waals surface area contributed by atoms with Crippen LogP contribution in [0.25, 0.3) is 0 Å². The van der Waals surface area contributed by atoms with E-state index in [0.717, 1.165) is 5.84 Å². The summed E-state index contributed by atoms with van der Waals surface area (Å²) in [7, 11) is 0. The highest BCUT2D eigenvalue weighted by Crippen LogP contribution is 2.30. The molecule has 0 spiro atoms. The van der Waals surface area contributed by atoms with Crippen molar-refractivity contribution < 1.29 is 0 Å². The molecular weight excluding hydrogens is 174 g/mol. The summed E-state index contributed by atoms with van der Waals surface area (Å²) in [5, 5.41) is 6.81. The second-order valence-corrected chi connectivity index (χ2v) is 4.81. The molecule has 0 bridgehead atoms. The zero-order chi connectivity index (χ0) is 10.1. The smallest absolute Gasteiger partial charge is 0.122 e. The van der Waals surface area contributed by atoms with E-state index in [1.54, 1.807) is 0 Å². The number of rotatable bonds is 2. The molecule has 3 heteroatoms. The van der Waals surface area contributed by atoms with Gasteiger partial charge in [-0.1, -0.05) is 0 Å². The number of hydrazone groups is 1. The molecule has 80 valence electrons. The zero-order valence-electron chi connectivity index (χ0n) is 9.24. The Hall–Kier alpha value is -0.730. The highest BCUT2D eigenvalue weighted by molar-refractivity contribution is 5.84. The quantitative estimate of drug-likeness (QED) is 0.540. The summed E-state index contributed by atoms with van der Waals surface area (Å²) in [5.74, 6) is 1.46. The Morgan fingerprint density at radius 3 is 2.21 bits per heavy atom. The second-order valence-electron chi connectivity index (χ2n) is 4.81. The van der Waals surface area contributed by atoms with Gasteiger partial charge in [-0.3, -0.25) is 5.01 Å². The van der Waals surface area contributed by atoms with Crippen molar-refractivity contribution in [1.29, 1.82) is 0 Å². The molecular formula is C11H21N3. The lowest BCUT2D eigenvalue weighted by Gasteiger charge is -2.37. The first kappa shape index (κ1) is 9.81. The van der Waals surface area contributed by atoms with E-state index in [-0.39, 0.29) is 0 Å². The van der Waals surface area contributed by atoms with Crippen LogP contribution in [0.2, 0.25) is 0 Å². The van der Waals surface area contributed by atoms with Crippen molar-refractivity contribution in [3.8, 4) is 0 Å². The predicted octanol–water partition coefficient (Wildman–Crippen LogP) is 1.93. The standard InChI is InChI=1S/C11H21N3/c1-8-4-3-5-9(2)14(8)13-11(12)10-6-7-10/h8-10H,3-7H2,1-2H3,(H2,12,13). The zero-order valence-corrected chi connectivity index (χ0v) is 9.24. The Bertz CT molecular complexity index is 223. The van der Waals surface area contributed by atoms with Crippen molar-refractivity contribution in [2.24, 2.45) is 16.8 Å². The number of amidine groups is 1. The van der Waals surface area contributed by atoms with Crippen LogP contribution in [0.15, 0.2) is 5.10 Å². The van der Waals surface area contributed by atoms with Gasteiger partial charge < -0.3 is 5.73 Å². The Morgan fingerprint density at radius 2 is 1.71 bits per heavy atom. The lowest BCUT2D eigenvalue weighted by atomic mass is 10.00. The van der Waals surface area contributed by atoms with E-state index < -0.39 is 0 Å². The van der Waals surface area contributed by atoms with Crippen molar-refractivity contribution in [2.75, 3.05) is 0 Å². The van der Waals surface area contributed by atoms with E-state index in [0.29, 0.717) is 18.0 Å². The summed E-state index contributed by atoms with van der Waals surface area (Å²) >= 11 is 0. The first-order valence-electron chi connectivity index (χ1n) is 5.81. The molecule has 0 aromatic carbocycles. The molecule has 0 aromatic rings. The summed E-state index contributed by atoms with van der Waals surface area (Å²) in [4.78, 5) is 0. The normalized spacial score (nSPS) is 34.7. The van der Waals surface area contributed by atoms with Crippen LogP contribution in [0.1, 0.15) is 46.0 Å². The maximum Gasteiger partial charge on any atom is 0.122 e. The van der Waals surface area contributed by atoms with Gasteiger partial charge in [-0.05, 0) is 46.0 Å². The molecule has 2 fully saturated rings. The fourth-order valence-corrected chi connectivity index (χ4v) is 2.20. The van der Waals surface area contributed by atoms with Gasteiger partial charge in [-0.2, -0.15) is 5.10 Å². The van der Waals surface area contributed by atoms with Gasteiger partial charge in [0, 0.05) is 18.0 Å². The largest absolute Gasteiger partial charge is 0.385 e. The SMILES string of the molecule is CC1CCCC(C)N1/N=C(\N)C1CC1. The molecule has 3 nitrogen and oxygen atoms in total. The first-order valence-corrected chi connectivity index (χ1v) is 5.81. The van der Waals surface area contributed by atoms with Gasteiger partial charge in [-0.25, -0.2) is 0 Å². The van der Waals surface area contributed by atoms with Gasteiger partial charge in [0.2, 0.25) is 0 Å². The number of hydrogen-bond donors (Lipinski definition) is 1. The van der Waals surface area contributed by atoms with Gasteiger partial charge in [-0.15, -0.1) is 0 Å². The van der Waals surface area contributed by atoms with Crippen LogP contribution >= 0.6 is 0 Å². The van der Waals surface area contributed by atoms with Gasteiger partial charge >= 0.3 is 0 Å². The van der Waals surface area contributed by atoms with Gasteiger partial charge in [0.1, 0.15) is 5.84 Å². The molecule has 2 N–H and O–H groups in total. The molecule has 14 heavy (non-hydrogen) atoms. The molecule has 1 heterocycles. The van der Waals surface area contributed by atoms with Gasteiger partial charge in [0.05, 0.1) is 0 Å². The van der Waals surface area contributed by atoms with Crippen LogP contribution in [-0.4, -0.2) is 22.9 Å². The van der Waals surface area contributed by atoms with Gasteiger partial charge in [0.25, 0.3) is 0 Å². The Morgan fingerprint density at radius 1 is 1.14 bits per heavy atom. The van der Waals surface area contributed by atoms with E-state index in [9.17, 15) is 0 Å². The Kier molecular flexibility index (Phi) is 2.66. The highest BCUT2D eigenvalue weighted by Gasteiger charge is 2.29. The maximum atomic E-state index is 5.94. The van der Waals surface area contributed by atoms with Crippen LogP contribution in [-0.2, 0) is 0 Å².